The van der Waals surface area contributed by atoms with Gasteiger partial charge in [0.25, 0.3) is 0 Å². The molecule has 0 N–H and O–H groups in total. The number of esters is 1. The molecule has 0 unspecified atom stereocenters. The minimum atomic E-state index is -0.638. The Labute approximate surface area is 101 Å². The highest BCUT2D eigenvalue weighted by atomic mass is 19.1. The fraction of sp³-hybridized carbons (Fsp3) is 0.357. The highest BCUT2D eigenvalue weighted by Gasteiger charge is 2.21. The van der Waals surface area contributed by atoms with Gasteiger partial charge in [-0.15, -0.1) is 0 Å². The molecule has 1 aromatic rings. The van der Waals surface area contributed by atoms with E-state index in [0.717, 1.165) is 0 Å². The molecule has 92 valence electrons. The van der Waals surface area contributed by atoms with Gasteiger partial charge in [0, 0.05) is 5.56 Å². The van der Waals surface area contributed by atoms with Crippen LogP contribution in [0.25, 0.3) is 6.08 Å². The third-order valence-corrected chi connectivity index (χ3v) is 1.99. The Hall–Kier alpha value is -1.64. The number of benzene rings is 1. The Kier molecular flexibility index (Phi) is 4.05. The largest absolute Gasteiger partial charge is 0.456 e. The zero-order chi connectivity index (χ0) is 13.1. The first-order valence-corrected chi connectivity index (χ1v) is 5.49. The summed E-state index contributed by atoms with van der Waals surface area (Å²) in [4.78, 5) is 11.8. The average Bonchev–Trinajstić information content (AvgIpc) is 2.18. The zero-order valence-corrected chi connectivity index (χ0v) is 10.6. The van der Waals surface area contributed by atoms with Crippen LogP contribution in [0.4, 0.5) is 4.39 Å². The van der Waals surface area contributed by atoms with Crippen molar-refractivity contribution in [3.05, 3.63) is 41.2 Å². The van der Waals surface area contributed by atoms with Crippen molar-refractivity contribution in [3.63, 3.8) is 0 Å². The molecular formula is C14H17FO2. The summed E-state index contributed by atoms with van der Waals surface area (Å²) < 4.78 is 19.1. The molecule has 0 bridgehead atoms. The molecule has 0 aliphatic heterocycles. The molecule has 0 amide bonds. The second-order valence-corrected chi connectivity index (χ2v) is 4.71. The number of halogens is 1. The predicted molar refractivity (Wildman–Crippen MR) is 66.3 cm³/mol. The SMILES string of the molecule is C/C=C\c1cccc(C(=O)OC(C)(C)C)c1F. The summed E-state index contributed by atoms with van der Waals surface area (Å²) in [5.41, 5.74) is -0.272. The van der Waals surface area contributed by atoms with E-state index in [1.807, 2.05) is 0 Å². The molecule has 1 aromatic carbocycles. The molecule has 1 rings (SSSR count). The van der Waals surface area contributed by atoms with Crippen LogP contribution in [0.2, 0.25) is 0 Å². The van der Waals surface area contributed by atoms with Gasteiger partial charge in [0.15, 0.2) is 0 Å². The third-order valence-electron chi connectivity index (χ3n) is 1.99. The van der Waals surface area contributed by atoms with Gasteiger partial charge < -0.3 is 4.74 Å². The van der Waals surface area contributed by atoms with Crippen LogP contribution in [0.1, 0.15) is 43.6 Å². The van der Waals surface area contributed by atoms with E-state index >= 15 is 0 Å². The first kappa shape index (κ1) is 13.4. The van der Waals surface area contributed by atoms with Crippen LogP contribution >= 0.6 is 0 Å². The molecule has 0 spiro atoms. The van der Waals surface area contributed by atoms with Crippen molar-refractivity contribution < 1.29 is 13.9 Å². The molecule has 17 heavy (non-hydrogen) atoms. The summed E-state index contributed by atoms with van der Waals surface area (Å²) in [5.74, 6) is -1.18. The van der Waals surface area contributed by atoms with Gasteiger partial charge in [-0.05, 0) is 33.8 Å². The lowest BCUT2D eigenvalue weighted by Crippen LogP contribution is -2.24. The van der Waals surface area contributed by atoms with E-state index in [9.17, 15) is 9.18 Å². The summed E-state index contributed by atoms with van der Waals surface area (Å²) in [6.45, 7) is 7.04. The van der Waals surface area contributed by atoms with E-state index in [-0.39, 0.29) is 5.56 Å². The number of carbonyl (C=O) groups excluding carboxylic acids is 1. The minimum Gasteiger partial charge on any atom is -0.456 e. The van der Waals surface area contributed by atoms with Crippen LogP contribution in [0, 0.1) is 5.82 Å². The Morgan fingerprint density at radius 3 is 2.53 bits per heavy atom. The maximum atomic E-state index is 13.9. The average molecular weight is 236 g/mol. The second kappa shape index (κ2) is 5.13. The smallest absolute Gasteiger partial charge is 0.341 e. The topological polar surface area (TPSA) is 26.3 Å². The maximum absolute atomic E-state index is 13.9. The predicted octanol–water partition coefficient (Wildman–Crippen LogP) is 3.81. The molecule has 0 saturated carbocycles. The summed E-state index contributed by atoms with van der Waals surface area (Å²) in [6.07, 6.45) is 3.33. The van der Waals surface area contributed by atoms with Crippen LogP contribution in [-0.2, 0) is 4.74 Å². The first-order valence-electron chi connectivity index (χ1n) is 5.49. The molecule has 0 aliphatic rings. The highest BCUT2D eigenvalue weighted by Crippen LogP contribution is 2.18. The van der Waals surface area contributed by atoms with Crippen molar-refractivity contribution in [2.45, 2.75) is 33.3 Å². The standard InChI is InChI=1S/C14H17FO2/c1-5-7-10-8-6-9-11(12(10)15)13(16)17-14(2,3)4/h5-9H,1-4H3/b7-5-. The Morgan fingerprint density at radius 2 is 2.00 bits per heavy atom. The summed E-state index contributed by atoms with van der Waals surface area (Å²) in [5, 5.41) is 0. The highest BCUT2D eigenvalue weighted by molar-refractivity contribution is 5.90. The van der Waals surface area contributed by atoms with E-state index in [1.54, 1.807) is 52.0 Å². The maximum Gasteiger partial charge on any atom is 0.341 e. The molecule has 0 atom stereocenters. The minimum absolute atomic E-state index is 0.0319. The van der Waals surface area contributed by atoms with Crippen molar-refractivity contribution in [3.8, 4) is 0 Å². The van der Waals surface area contributed by atoms with Gasteiger partial charge >= 0.3 is 5.97 Å². The van der Waals surface area contributed by atoms with Gasteiger partial charge in [0.1, 0.15) is 11.4 Å². The van der Waals surface area contributed by atoms with Gasteiger partial charge in [-0.3, -0.25) is 0 Å². The van der Waals surface area contributed by atoms with Gasteiger partial charge in [-0.2, -0.15) is 0 Å². The Morgan fingerprint density at radius 1 is 1.35 bits per heavy atom. The van der Waals surface area contributed by atoms with Crippen LogP contribution < -0.4 is 0 Å². The van der Waals surface area contributed by atoms with Crippen LogP contribution in [0.15, 0.2) is 24.3 Å². The lowest BCUT2D eigenvalue weighted by atomic mass is 10.1. The number of rotatable bonds is 2. The lowest BCUT2D eigenvalue weighted by molar-refractivity contribution is 0.00647. The molecule has 0 fully saturated rings. The summed E-state index contributed by atoms with van der Waals surface area (Å²) in [7, 11) is 0. The number of allylic oxidation sites excluding steroid dienone is 1. The van der Waals surface area contributed by atoms with Crippen molar-refractivity contribution >= 4 is 12.0 Å². The molecule has 0 aromatic heterocycles. The van der Waals surface area contributed by atoms with Crippen molar-refractivity contribution in [2.24, 2.45) is 0 Å². The first-order chi connectivity index (χ1) is 7.85. The van der Waals surface area contributed by atoms with E-state index in [4.69, 9.17) is 4.74 Å². The summed E-state index contributed by atoms with van der Waals surface area (Å²) in [6, 6.07) is 4.68. The van der Waals surface area contributed by atoms with E-state index in [2.05, 4.69) is 0 Å². The fourth-order valence-electron chi connectivity index (χ4n) is 1.35. The zero-order valence-electron chi connectivity index (χ0n) is 10.6. The van der Waals surface area contributed by atoms with Gasteiger partial charge in [0.2, 0.25) is 0 Å². The molecule has 0 heterocycles. The quantitative estimate of drug-likeness (QED) is 0.730. The molecule has 0 aliphatic carbocycles. The molecule has 0 radical (unpaired) electrons. The summed E-state index contributed by atoms with van der Waals surface area (Å²) >= 11 is 0. The number of hydrogen-bond donors (Lipinski definition) is 0. The van der Waals surface area contributed by atoms with E-state index in [0.29, 0.717) is 5.56 Å². The van der Waals surface area contributed by atoms with Gasteiger partial charge in [-0.1, -0.05) is 24.3 Å². The van der Waals surface area contributed by atoms with Crippen LogP contribution in [0.5, 0.6) is 0 Å². The molecule has 0 saturated heterocycles. The van der Waals surface area contributed by atoms with E-state index < -0.39 is 17.4 Å². The van der Waals surface area contributed by atoms with E-state index in [1.165, 1.54) is 6.07 Å². The second-order valence-electron chi connectivity index (χ2n) is 4.71. The van der Waals surface area contributed by atoms with Crippen molar-refractivity contribution in [2.75, 3.05) is 0 Å². The van der Waals surface area contributed by atoms with Crippen LogP contribution in [0.3, 0.4) is 0 Å². The van der Waals surface area contributed by atoms with Gasteiger partial charge in [-0.25, -0.2) is 9.18 Å². The Balaban J connectivity index is 3.07. The number of ether oxygens (including phenoxy) is 1. The third kappa shape index (κ3) is 3.70. The normalized spacial score (nSPS) is 11.8. The molecule has 2 nitrogen and oxygen atoms in total. The lowest BCUT2D eigenvalue weighted by Gasteiger charge is -2.19. The number of carbonyl (C=O) groups is 1. The van der Waals surface area contributed by atoms with Gasteiger partial charge in [0.05, 0.1) is 5.56 Å². The van der Waals surface area contributed by atoms with Crippen molar-refractivity contribution in [1.82, 2.24) is 0 Å². The number of hydrogen-bond acceptors (Lipinski definition) is 2. The Bertz CT molecular complexity index is 442. The monoisotopic (exact) mass is 236 g/mol. The molecular weight excluding hydrogens is 219 g/mol. The fourth-order valence-corrected chi connectivity index (χ4v) is 1.35. The van der Waals surface area contributed by atoms with Crippen LogP contribution in [-0.4, -0.2) is 11.6 Å². The van der Waals surface area contributed by atoms with Crippen molar-refractivity contribution in [1.29, 1.82) is 0 Å². The molecule has 3 heteroatoms.